The van der Waals surface area contributed by atoms with E-state index in [1.54, 1.807) is 6.92 Å². The average Bonchev–Trinajstić information content (AvgIpc) is 1.03. The van der Waals surface area contributed by atoms with Crippen LogP contribution in [0.25, 0.3) is 0 Å². The van der Waals surface area contributed by atoms with Gasteiger partial charge in [0.2, 0.25) is 76.8 Å². The van der Waals surface area contributed by atoms with Crippen molar-refractivity contribution in [2.45, 2.75) is 20.8 Å². The van der Waals surface area contributed by atoms with Crippen LogP contribution in [0.4, 0.5) is 0 Å². The lowest BCUT2D eigenvalue weighted by Crippen LogP contribution is -2.34. The summed E-state index contributed by atoms with van der Waals surface area (Å²) in [5.41, 5.74) is 4.90. The highest BCUT2D eigenvalue weighted by molar-refractivity contribution is 5.82. The van der Waals surface area contributed by atoms with Crippen molar-refractivity contribution in [2.24, 2.45) is 5.73 Å². The molecule has 0 radical (unpaired) electrons. The number of nitrogens with two attached hydrogens (primary N) is 1. The van der Waals surface area contributed by atoms with Crippen LogP contribution in [0.2, 0.25) is 0 Å². The minimum atomic E-state index is -0.650. The first-order valence-electron chi connectivity index (χ1n) is 41.7. The molecule has 50 nitrogen and oxygen atoms in total. The SMILES string of the molecule is CCNC(=O)COCC(=O)NCCOCCOCCOCCNC(=O)COCC(=O)NCCOCCOCCOCCNC(=O)COCC(=O)NCCOCCOCCOCCNC(C)=O.CCOCCOCCOCCNC(=O)COCC(=O)NCCOCCOCCOCCNC(=O)COCC(=O)NCCOCCOCCOCCNC(=O)COCC(N)=O. The zero-order chi connectivity index (χ0) is 92.4. The summed E-state index contributed by atoms with van der Waals surface area (Å²) in [5.74, 6) is -4.79. The second-order valence-electron chi connectivity index (χ2n) is 25.0. The Kier molecular flexibility index (Phi) is 93.3. The molecule has 13 amide bonds. The second kappa shape index (κ2) is 97.8. The highest BCUT2D eigenvalue weighted by atomic mass is 16.6. The largest absolute Gasteiger partial charge is 0.379 e. The van der Waals surface area contributed by atoms with Crippen LogP contribution < -0.4 is 69.5 Å². The van der Waals surface area contributed by atoms with Crippen LogP contribution in [0, 0.1) is 0 Å². The molecular formula is C76H143N13O37. The highest BCUT2D eigenvalue weighted by Gasteiger charge is 2.12. The number of ether oxygens (including phenoxy) is 24. The number of likely N-dealkylation sites (N-methyl/N-ethyl adjacent to an activating group) is 1. The smallest absolute Gasteiger partial charge is 0.246 e. The molecule has 0 saturated heterocycles. The number of carbonyl (C=O) groups is 13. The summed E-state index contributed by atoms with van der Waals surface area (Å²) < 4.78 is 127. The van der Waals surface area contributed by atoms with Gasteiger partial charge in [0.25, 0.3) is 0 Å². The van der Waals surface area contributed by atoms with E-state index < -0.39 is 11.8 Å². The van der Waals surface area contributed by atoms with E-state index >= 15 is 0 Å². The van der Waals surface area contributed by atoms with Crippen LogP contribution in [-0.2, 0) is 176 Å². The molecule has 0 saturated carbocycles. The van der Waals surface area contributed by atoms with Gasteiger partial charge in [-0.15, -0.1) is 0 Å². The van der Waals surface area contributed by atoms with Gasteiger partial charge in [0.05, 0.1) is 231 Å². The molecule has 0 rings (SSSR count). The number of carbonyl (C=O) groups excluding carboxylic acids is 13. The van der Waals surface area contributed by atoms with E-state index in [1.807, 2.05) is 6.92 Å². The summed E-state index contributed by atoms with van der Waals surface area (Å²) in [6, 6.07) is 0. The van der Waals surface area contributed by atoms with Crippen molar-refractivity contribution in [3.63, 3.8) is 0 Å². The van der Waals surface area contributed by atoms with Crippen molar-refractivity contribution in [1.29, 1.82) is 0 Å². The highest BCUT2D eigenvalue weighted by Crippen LogP contribution is 1.92. The standard InChI is InChI=1S/C40H75N7O19.C36H68N6O18/c1-3-41-35(49)28-64-29-36(50)43-5-11-56-18-24-62-25-19-58-13-7-45-39(53)32-66-33-40(54)47-9-15-60-21-27-63-26-20-59-14-8-46-38(52)31-65-30-37(51)44-6-12-57-17-23-61-22-16-55-10-4-42-34(2)48;1-2-49-13-14-55-20-15-50-9-4-39-33(45)27-59-28-34(46)40-6-11-53-18-23-57-24-19-54-12-7-42-36(48)30-60-29-35(47)41-5-10-52-17-22-56-21-16-51-8-3-38-32(44)26-58-25-31(37)43/h3-33H2,1-2H3,(H,41,49)(H,42,48)(H,43,50)(H,44,51)(H,45,53)(H,46,52)(H,47,54);2-30H2,1H3,(H2,37,43)(H,38,44)(H,39,45)(H,40,46)(H,41,47)(H,42,48). The molecular weight excluding hydrogens is 1690 g/mol. The molecule has 126 heavy (non-hydrogen) atoms. The number of amides is 13. The van der Waals surface area contributed by atoms with E-state index in [0.29, 0.717) is 218 Å². The minimum absolute atomic E-state index is 0.103. The van der Waals surface area contributed by atoms with E-state index in [-0.39, 0.29) is 243 Å². The molecule has 0 heterocycles. The van der Waals surface area contributed by atoms with E-state index in [4.69, 9.17) is 119 Å². The predicted molar refractivity (Wildman–Crippen MR) is 442 cm³/mol. The summed E-state index contributed by atoms with van der Waals surface area (Å²) in [6.45, 7) is 18.3. The van der Waals surface area contributed by atoms with Crippen molar-refractivity contribution in [3.8, 4) is 0 Å². The molecule has 0 aromatic heterocycles. The van der Waals surface area contributed by atoms with Gasteiger partial charge in [-0.2, -0.15) is 0 Å². The summed E-state index contributed by atoms with van der Waals surface area (Å²) in [4.78, 5) is 150. The first-order chi connectivity index (χ1) is 61.4. The van der Waals surface area contributed by atoms with Crippen molar-refractivity contribution in [1.82, 2.24) is 63.8 Å². The third kappa shape index (κ3) is 102. The van der Waals surface area contributed by atoms with Gasteiger partial charge in [0.15, 0.2) is 0 Å². The number of nitrogens with one attached hydrogen (secondary N) is 12. The van der Waals surface area contributed by atoms with Gasteiger partial charge in [-0.3, -0.25) is 62.3 Å². The maximum absolute atomic E-state index is 11.9. The van der Waals surface area contributed by atoms with Crippen LogP contribution in [0.15, 0.2) is 0 Å². The Morgan fingerprint density at radius 1 is 0.167 bits per heavy atom. The second-order valence-corrected chi connectivity index (χ2v) is 25.0. The summed E-state index contributed by atoms with van der Waals surface area (Å²) >= 11 is 0. The molecule has 0 aromatic carbocycles. The van der Waals surface area contributed by atoms with Gasteiger partial charge in [-0.1, -0.05) is 0 Å². The normalized spacial score (nSPS) is 10.9. The third-order valence-corrected chi connectivity index (χ3v) is 14.2. The topological polar surface area (TPSA) is 614 Å². The van der Waals surface area contributed by atoms with E-state index in [0.717, 1.165) is 0 Å². The molecule has 0 aliphatic rings. The summed E-state index contributed by atoms with van der Waals surface area (Å²) in [7, 11) is 0. The van der Waals surface area contributed by atoms with Crippen LogP contribution in [-0.4, -0.2) is 472 Å². The lowest BCUT2D eigenvalue weighted by Gasteiger charge is -2.09. The quantitative estimate of drug-likeness (QED) is 0.0252. The van der Waals surface area contributed by atoms with Crippen molar-refractivity contribution >= 4 is 76.8 Å². The maximum Gasteiger partial charge on any atom is 0.246 e. The molecule has 0 unspecified atom stereocenters. The van der Waals surface area contributed by atoms with Gasteiger partial charge < -0.3 is 183 Å². The average molecular weight is 1830 g/mol. The fourth-order valence-electron chi connectivity index (χ4n) is 8.40. The molecule has 14 N–H and O–H groups in total. The predicted octanol–water partition coefficient (Wildman–Crippen LogP) is -9.69. The van der Waals surface area contributed by atoms with Crippen LogP contribution in [0.5, 0.6) is 0 Å². The Balaban J connectivity index is 0. The fraction of sp³-hybridized carbons (Fsp3) is 0.829. The van der Waals surface area contributed by atoms with Crippen LogP contribution in [0.3, 0.4) is 0 Å². The first-order valence-corrected chi connectivity index (χ1v) is 41.7. The van der Waals surface area contributed by atoms with E-state index in [9.17, 15) is 62.3 Å². The van der Waals surface area contributed by atoms with E-state index in [2.05, 4.69) is 63.8 Å². The monoisotopic (exact) mass is 1830 g/mol. The zero-order valence-electron chi connectivity index (χ0n) is 73.6. The molecule has 50 heteroatoms. The Morgan fingerprint density at radius 3 is 0.429 bits per heavy atom. The van der Waals surface area contributed by atoms with Gasteiger partial charge in [0, 0.05) is 92.1 Å². The zero-order valence-corrected chi connectivity index (χ0v) is 73.6. The number of hydrogen-bond donors (Lipinski definition) is 13. The Bertz CT molecular complexity index is 2700. The van der Waals surface area contributed by atoms with Crippen LogP contribution >= 0.6 is 0 Å². The van der Waals surface area contributed by atoms with Gasteiger partial charge in [-0.25, -0.2) is 0 Å². The number of hydrogen-bond acceptors (Lipinski definition) is 37. The molecule has 0 bridgehead atoms. The maximum atomic E-state index is 11.9. The van der Waals surface area contributed by atoms with Crippen LogP contribution in [0.1, 0.15) is 20.8 Å². The fourth-order valence-corrected chi connectivity index (χ4v) is 8.40. The molecule has 0 spiro atoms. The molecule has 0 aliphatic carbocycles. The van der Waals surface area contributed by atoms with Crippen molar-refractivity contribution in [3.05, 3.63) is 0 Å². The number of primary amides is 1. The lowest BCUT2D eigenvalue weighted by atomic mass is 10.5. The van der Waals surface area contributed by atoms with E-state index in [1.165, 1.54) is 6.92 Å². The Morgan fingerprint density at radius 2 is 0.294 bits per heavy atom. The molecule has 0 aliphatic heterocycles. The number of rotatable bonds is 95. The molecule has 0 aromatic rings. The van der Waals surface area contributed by atoms with Gasteiger partial charge in [0.1, 0.15) is 79.3 Å². The first kappa shape index (κ1) is 120. The Hall–Kier alpha value is -7.85. The third-order valence-electron chi connectivity index (χ3n) is 14.2. The van der Waals surface area contributed by atoms with Crippen molar-refractivity contribution < 1.29 is 176 Å². The lowest BCUT2D eigenvalue weighted by molar-refractivity contribution is -0.132. The Labute approximate surface area is 736 Å². The molecule has 0 atom stereocenters. The van der Waals surface area contributed by atoms with Gasteiger partial charge in [-0.05, 0) is 13.8 Å². The minimum Gasteiger partial charge on any atom is -0.379 e. The van der Waals surface area contributed by atoms with Gasteiger partial charge >= 0.3 is 0 Å². The molecule has 0 fully saturated rings. The van der Waals surface area contributed by atoms with Crippen molar-refractivity contribution in [2.75, 3.05) is 396 Å². The molecule has 734 valence electrons. The summed E-state index contributed by atoms with van der Waals surface area (Å²) in [5, 5.41) is 31.3. The summed E-state index contributed by atoms with van der Waals surface area (Å²) in [6.07, 6.45) is 0.